The molecule has 2 aromatic carbocycles. The van der Waals surface area contributed by atoms with Crippen LogP contribution < -0.4 is 21.7 Å². The van der Waals surface area contributed by atoms with E-state index in [-0.39, 0.29) is 0 Å². The second-order valence-electron chi connectivity index (χ2n) is 6.76. The number of carbonyl (C=O) groups excluding carboxylic acids is 1. The van der Waals surface area contributed by atoms with E-state index in [0.29, 0.717) is 17.3 Å². The summed E-state index contributed by atoms with van der Waals surface area (Å²) < 4.78 is 0. The van der Waals surface area contributed by atoms with E-state index in [9.17, 15) is 4.79 Å². The summed E-state index contributed by atoms with van der Waals surface area (Å²) >= 11 is 0. The molecular formula is C20H27N5O. The fraction of sp³-hybridized carbons (Fsp3) is 0.350. The van der Waals surface area contributed by atoms with Gasteiger partial charge in [0.15, 0.2) is 0 Å². The molecule has 0 spiro atoms. The first-order valence-corrected chi connectivity index (χ1v) is 9.02. The highest BCUT2D eigenvalue weighted by atomic mass is 16.1. The maximum Gasteiger partial charge on any atom is 0.250 e. The van der Waals surface area contributed by atoms with E-state index < -0.39 is 5.91 Å². The lowest BCUT2D eigenvalue weighted by Gasteiger charge is -2.39. The molecule has 3 rings (SSSR count). The van der Waals surface area contributed by atoms with Crippen LogP contribution in [-0.2, 0) is 0 Å². The topological polar surface area (TPSA) is 87.6 Å². The zero-order chi connectivity index (χ0) is 18.5. The van der Waals surface area contributed by atoms with Gasteiger partial charge in [-0.2, -0.15) is 0 Å². The van der Waals surface area contributed by atoms with Crippen LogP contribution >= 0.6 is 0 Å². The number of nitrogens with one attached hydrogen (secondary N) is 1. The number of amides is 1. The van der Waals surface area contributed by atoms with Crippen molar-refractivity contribution in [2.45, 2.75) is 13.0 Å². The van der Waals surface area contributed by atoms with E-state index in [2.05, 4.69) is 46.3 Å². The summed E-state index contributed by atoms with van der Waals surface area (Å²) in [5.41, 5.74) is 14.2. The lowest BCUT2D eigenvalue weighted by Crippen LogP contribution is -2.51. The quantitative estimate of drug-likeness (QED) is 0.691. The van der Waals surface area contributed by atoms with Crippen LogP contribution in [0.5, 0.6) is 0 Å². The molecule has 1 amide bonds. The molecule has 5 N–H and O–H groups in total. The summed E-state index contributed by atoms with van der Waals surface area (Å²) in [4.78, 5) is 16.5. The molecule has 0 bridgehead atoms. The molecule has 0 aromatic heterocycles. The van der Waals surface area contributed by atoms with Gasteiger partial charge in [0.05, 0.1) is 5.56 Å². The van der Waals surface area contributed by atoms with Crippen molar-refractivity contribution in [2.24, 2.45) is 5.73 Å². The first-order chi connectivity index (χ1) is 12.5. The molecule has 6 heteroatoms. The van der Waals surface area contributed by atoms with Crippen LogP contribution in [0.3, 0.4) is 0 Å². The number of carbonyl (C=O) groups is 1. The van der Waals surface area contributed by atoms with Crippen LogP contribution in [0.4, 0.5) is 17.1 Å². The van der Waals surface area contributed by atoms with E-state index in [1.807, 2.05) is 12.1 Å². The van der Waals surface area contributed by atoms with Crippen molar-refractivity contribution in [3.8, 4) is 0 Å². The third-order valence-electron chi connectivity index (χ3n) is 4.96. The minimum absolute atomic E-state index is 0.353. The average Bonchev–Trinajstić information content (AvgIpc) is 2.67. The van der Waals surface area contributed by atoms with Gasteiger partial charge in [-0.25, -0.2) is 0 Å². The molecule has 1 atom stereocenters. The standard InChI is InChI=1S/C20H27N5O/c1-15(14-23-19-8-7-16(21)13-18(19)20(22)26)24-9-11-25(12-10-24)17-5-3-2-4-6-17/h2-8,13,15,23H,9-12,14,21H2,1H3,(H2,22,26). The van der Waals surface area contributed by atoms with Gasteiger partial charge >= 0.3 is 0 Å². The summed E-state index contributed by atoms with van der Waals surface area (Å²) in [7, 11) is 0. The maximum absolute atomic E-state index is 11.6. The van der Waals surface area contributed by atoms with Gasteiger partial charge in [-0.1, -0.05) is 18.2 Å². The third-order valence-corrected chi connectivity index (χ3v) is 4.96. The Morgan fingerprint density at radius 2 is 1.81 bits per heavy atom. The van der Waals surface area contributed by atoms with Crippen LogP contribution in [0.15, 0.2) is 48.5 Å². The third kappa shape index (κ3) is 4.26. The number of anilines is 3. The lowest BCUT2D eigenvalue weighted by atomic mass is 10.1. The molecule has 1 unspecified atom stereocenters. The monoisotopic (exact) mass is 353 g/mol. The van der Waals surface area contributed by atoms with Crippen molar-refractivity contribution in [1.29, 1.82) is 0 Å². The minimum atomic E-state index is -0.469. The molecule has 1 saturated heterocycles. The zero-order valence-corrected chi connectivity index (χ0v) is 15.2. The number of nitrogen functional groups attached to an aromatic ring is 1. The zero-order valence-electron chi connectivity index (χ0n) is 15.2. The molecule has 0 aliphatic carbocycles. The molecule has 0 saturated carbocycles. The van der Waals surface area contributed by atoms with E-state index in [1.54, 1.807) is 12.1 Å². The second-order valence-corrected chi connectivity index (χ2v) is 6.76. The Morgan fingerprint density at radius 3 is 2.46 bits per heavy atom. The first kappa shape index (κ1) is 18.1. The molecule has 6 nitrogen and oxygen atoms in total. The fourth-order valence-corrected chi connectivity index (χ4v) is 3.37. The Kier molecular flexibility index (Phi) is 5.63. The van der Waals surface area contributed by atoms with Crippen LogP contribution in [0.1, 0.15) is 17.3 Å². The van der Waals surface area contributed by atoms with Gasteiger partial charge in [-0.3, -0.25) is 9.69 Å². The second kappa shape index (κ2) is 8.10. The number of primary amides is 1. The predicted octanol–water partition coefficient (Wildman–Crippen LogP) is 1.99. The number of benzene rings is 2. The number of nitrogens with two attached hydrogens (primary N) is 2. The van der Waals surface area contributed by atoms with Crippen molar-refractivity contribution in [3.05, 3.63) is 54.1 Å². The number of rotatable bonds is 6. The van der Waals surface area contributed by atoms with Gasteiger partial charge in [0.2, 0.25) is 0 Å². The Balaban J connectivity index is 1.54. The lowest BCUT2D eigenvalue weighted by molar-refractivity contribution is 0.100. The molecule has 1 aliphatic rings. The largest absolute Gasteiger partial charge is 0.399 e. The van der Waals surface area contributed by atoms with E-state index in [1.165, 1.54) is 5.69 Å². The molecule has 1 heterocycles. The Morgan fingerprint density at radius 1 is 1.12 bits per heavy atom. The van der Waals surface area contributed by atoms with Gasteiger partial charge in [0, 0.05) is 55.8 Å². The van der Waals surface area contributed by atoms with Crippen LogP contribution in [-0.4, -0.2) is 49.6 Å². The number of nitrogens with zero attached hydrogens (tertiary/aromatic N) is 2. The molecule has 138 valence electrons. The molecule has 26 heavy (non-hydrogen) atoms. The average molecular weight is 353 g/mol. The molecule has 2 aromatic rings. The van der Waals surface area contributed by atoms with Crippen molar-refractivity contribution in [1.82, 2.24) is 4.90 Å². The SMILES string of the molecule is CC(CNc1ccc(N)cc1C(N)=O)N1CCN(c2ccccc2)CC1. The van der Waals surface area contributed by atoms with Crippen molar-refractivity contribution < 1.29 is 4.79 Å². The van der Waals surface area contributed by atoms with Gasteiger partial charge in [-0.05, 0) is 37.3 Å². The molecule has 0 radical (unpaired) electrons. The van der Waals surface area contributed by atoms with Crippen molar-refractivity contribution >= 4 is 23.0 Å². The number of para-hydroxylation sites is 1. The summed E-state index contributed by atoms with van der Waals surface area (Å²) in [5, 5.41) is 3.35. The number of hydrogen-bond donors (Lipinski definition) is 3. The minimum Gasteiger partial charge on any atom is -0.399 e. The highest BCUT2D eigenvalue weighted by Gasteiger charge is 2.21. The van der Waals surface area contributed by atoms with Gasteiger partial charge in [0.25, 0.3) is 5.91 Å². The normalized spacial score (nSPS) is 16.3. The predicted molar refractivity (Wildman–Crippen MR) is 108 cm³/mol. The Labute approximate surface area is 154 Å². The summed E-state index contributed by atoms with van der Waals surface area (Å²) in [6, 6.07) is 16.1. The number of hydrogen-bond acceptors (Lipinski definition) is 5. The number of piperazine rings is 1. The van der Waals surface area contributed by atoms with Gasteiger partial charge < -0.3 is 21.7 Å². The highest BCUT2D eigenvalue weighted by Crippen LogP contribution is 2.20. The highest BCUT2D eigenvalue weighted by molar-refractivity contribution is 5.99. The van der Waals surface area contributed by atoms with Crippen LogP contribution in [0.2, 0.25) is 0 Å². The summed E-state index contributed by atoms with van der Waals surface area (Å²) in [6.45, 7) is 7.01. The van der Waals surface area contributed by atoms with E-state index >= 15 is 0 Å². The fourth-order valence-electron chi connectivity index (χ4n) is 3.37. The molecule has 1 aliphatic heterocycles. The van der Waals surface area contributed by atoms with Crippen molar-refractivity contribution in [2.75, 3.05) is 48.7 Å². The first-order valence-electron chi connectivity index (χ1n) is 9.02. The van der Waals surface area contributed by atoms with Crippen LogP contribution in [0, 0.1) is 0 Å². The van der Waals surface area contributed by atoms with Crippen LogP contribution in [0.25, 0.3) is 0 Å². The van der Waals surface area contributed by atoms with E-state index in [4.69, 9.17) is 11.5 Å². The summed E-state index contributed by atoms with van der Waals surface area (Å²) in [5.74, 6) is -0.469. The Hall–Kier alpha value is -2.73. The Bertz CT molecular complexity index is 741. The summed E-state index contributed by atoms with van der Waals surface area (Å²) in [6.07, 6.45) is 0. The smallest absolute Gasteiger partial charge is 0.250 e. The van der Waals surface area contributed by atoms with Gasteiger partial charge in [-0.15, -0.1) is 0 Å². The maximum atomic E-state index is 11.6. The molecule has 1 fully saturated rings. The van der Waals surface area contributed by atoms with Gasteiger partial charge in [0.1, 0.15) is 0 Å². The molecular weight excluding hydrogens is 326 g/mol. The van der Waals surface area contributed by atoms with Crippen molar-refractivity contribution in [3.63, 3.8) is 0 Å². The van der Waals surface area contributed by atoms with E-state index in [0.717, 1.165) is 38.4 Å².